The SMILES string of the molecule is CC1CCCC=C1c1nc(-c2ccc3ccccc3c2)nc(-c2cccc3oc4cc(-c5cccc(N(c6ccccc6)c6ccccc6)c5)ccc4c23)n1. The first-order valence-corrected chi connectivity index (χ1v) is 19.1. The van der Waals surface area contributed by atoms with E-state index in [4.69, 9.17) is 19.4 Å². The summed E-state index contributed by atoms with van der Waals surface area (Å²) in [5.74, 6) is 2.46. The molecule has 2 aromatic heterocycles. The lowest BCUT2D eigenvalue weighted by Gasteiger charge is -2.25. The molecule has 1 aliphatic carbocycles. The van der Waals surface area contributed by atoms with Gasteiger partial charge in [-0.1, -0.05) is 116 Å². The van der Waals surface area contributed by atoms with Crippen LogP contribution in [-0.4, -0.2) is 15.0 Å². The number of benzene rings is 7. The van der Waals surface area contributed by atoms with Crippen molar-refractivity contribution in [2.45, 2.75) is 26.2 Å². The number of aromatic nitrogens is 3. The van der Waals surface area contributed by atoms with Gasteiger partial charge in [0, 0.05) is 39.0 Å². The van der Waals surface area contributed by atoms with Gasteiger partial charge in [-0.05, 0) is 113 Å². The van der Waals surface area contributed by atoms with Gasteiger partial charge in [-0.3, -0.25) is 0 Å². The molecule has 0 amide bonds. The summed E-state index contributed by atoms with van der Waals surface area (Å²) in [6, 6.07) is 57.2. The van der Waals surface area contributed by atoms with Crippen molar-refractivity contribution in [2.24, 2.45) is 5.92 Å². The van der Waals surface area contributed by atoms with Gasteiger partial charge >= 0.3 is 0 Å². The van der Waals surface area contributed by atoms with Crippen molar-refractivity contribution in [1.29, 1.82) is 0 Å². The Morgan fingerprint density at radius 1 is 0.527 bits per heavy atom. The maximum absolute atomic E-state index is 6.63. The van der Waals surface area contributed by atoms with Gasteiger partial charge in [-0.15, -0.1) is 0 Å². The second kappa shape index (κ2) is 13.9. The molecule has 0 saturated heterocycles. The van der Waals surface area contributed by atoms with Crippen molar-refractivity contribution in [1.82, 2.24) is 15.0 Å². The van der Waals surface area contributed by atoms with Crippen LogP contribution >= 0.6 is 0 Å². The molecule has 1 atom stereocenters. The van der Waals surface area contributed by atoms with Crippen LogP contribution in [0.5, 0.6) is 0 Å². The van der Waals surface area contributed by atoms with Crippen LogP contribution in [0.2, 0.25) is 0 Å². The molecule has 2 heterocycles. The predicted octanol–water partition coefficient (Wildman–Crippen LogP) is 13.6. The minimum Gasteiger partial charge on any atom is -0.456 e. The molecule has 7 aromatic carbocycles. The molecule has 1 unspecified atom stereocenters. The number of allylic oxidation sites excluding steroid dienone is 2. The second-order valence-corrected chi connectivity index (χ2v) is 14.4. The summed E-state index contributed by atoms with van der Waals surface area (Å²) in [5, 5.41) is 4.38. The maximum atomic E-state index is 6.63. The molecule has 55 heavy (non-hydrogen) atoms. The molecule has 5 heteroatoms. The average molecular weight is 711 g/mol. The van der Waals surface area contributed by atoms with Gasteiger partial charge in [-0.2, -0.15) is 0 Å². The summed E-state index contributed by atoms with van der Waals surface area (Å²) in [6.45, 7) is 2.28. The molecule has 0 saturated carbocycles. The molecule has 0 radical (unpaired) electrons. The second-order valence-electron chi connectivity index (χ2n) is 14.4. The van der Waals surface area contributed by atoms with Crippen LogP contribution in [0.25, 0.3) is 72.2 Å². The standard InChI is InChI=1S/C50H38N4O/c1-33-14-8-11-23-42(33)49-51-48(38-27-26-34-15-9-10-16-35(34)30-38)52-50(53-49)44-24-13-25-45-47(44)43-29-28-37(32-46(43)55-45)36-17-12-22-41(31-36)54(39-18-4-2-5-19-39)40-20-6-3-7-21-40/h2-7,9-10,12-13,15-33H,8,11,14H2,1H3. The van der Waals surface area contributed by atoms with E-state index in [0.29, 0.717) is 17.6 Å². The Balaban J connectivity index is 1.09. The predicted molar refractivity (Wildman–Crippen MR) is 227 cm³/mol. The topological polar surface area (TPSA) is 55.1 Å². The van der Waals surface area contributed by atoms with E-state index in [2.05, 4.69) is 170 Å². The molecular weight excluding hydrogens is 673 g/mol. The fourth-order valence-corrected chi connectivity index (χ4v) is 8.05. The van der Waals surface area contributed by atoms with E-state index in [1.807, 2.05) is 12.1 Å². The smallest absolute Gasteiger partial charge is 0.164 e. The van der Waals surface area contributed by atoms with E-state index in [1.165, 1.54) is 17.4 Å². The molecule has 10 rings (SSSR count). The number of anilines is 3. The molecule has 0 spiro atoms. The van der Waals surface area contributed by atoms with Crippen LogP contribution in [0.3, 0.4) is 0 Å². The van der Waals surface area contributed by atoms with Gasteiger partial charge in [0.2, 0.25) is 0 Å². The summed E-state index contributed by atoms with van der Waals surface area (Å²) in [7, 11) is 0. The Hall–Kier alpha value is -6.85. The molecule has 1 aliphatic rings. The third-order valence-electron chi connectivity index (χ3n) is 10.8. The summed E-state index contributed by atoms with van der Waals surface area (Å²) in [5.41, 5.74) is 10.2. The Morgan fingerprint density at radius 2 is 1.20 bits per heavy atom. The Bertz CT molecular complexity index is 2840. The third kappa shape index (κ3) is 6.14. The van der Waals surface area contributed by atoms with Gasteiger partial charge in [0.15, 0.2) is 17.5 Å². The average Bonchev–Trinajstić information content (AvgIpc) is 3.63. The zero-order valence-corrected chi connectivity index (χ0v) is 30.6. The van der Waals surface area contributed by atoms with Gasteiger partial charge in [0.1, 0.15) is 11.2 Å². The summed E-state index contributed by atoms with van der Waals surface area (Å²) >= 11 is 0. The molecule has 0 aliphatic heterocycles. The van der Waals surface area contributed by atoms with Crippen LogP contribution in [-0.2, 0) is 0 Å². The van der Waals surface area contributed by atoms with Gasteiger partial charge < -0.3 is 9.32 Å². The lowest BCUT2D eigenvalue weighted by atomic mass is 9.88. The summed E-state index contributed by atoms with van der Waals surface area (Å²) in [4.78, 5) is 17.8. The summed E-state index contributed by atoms with van der Waals surface area (Å²) < 4.78 is 6.63. The largest absolute Gasteiger partial charge is 0.456 e. The van der Waals surface area contributed by atoms with Gasteiger partial charge in [-0.25, -0.2) is 15.0 Å². The molecule has 0 fully saturated rings. The number of fused-ring (bicyclic) bond motifs is 4. The number of rotatable bonds is 7. The van der Waals surface area contributed by atoms with Gasteiger partial charge in [0.25, 0.3) is 0 Å². The lowest BCUT2D eigenvalue weighted by Crippen LogP contribution is -2.10. The Kier molecular flexibility index (Phi) is 8.25. The van der Waals surface area contributed by atoms with E-state index in [9.17, 15) is 0 Å². The van der Waals surface area contributed by atoms with Crippen LogP contribution in [0.1, 0.15) is 32.0 Å². The van der Waals surface area contributed by atoms with Crippen LogP contribution < -0.4 is 4.90 Å². The van der Waals surface area contributed by atoms with Crippen molar-refractivity contribution in [2.75, 3.05) is 4.90 Å². The highest BCUT2D eigenvalue weighted by Crippen LogP contribution is 2.41. The van der Waals surface area contributed by atoms with Crippen LogP contribution in [0, 0.1) is 5.92 Å². The lowest BCUT2D eigenvalue weighted by molar-refractivity contribution is 0.597. The fourth-order valence-electron chi connectivity index (χ4n) is 8.05. The van der Waals surface area contributed by atoms with Gasteiger partial charge in [0.05, 0.1) is 0 Å². The number of hydrogen-bond acceptors (Lipinski definition) is 5. The minimum atomic E-state index is 0.378. The number of hydrogen-bond donors (Lipinski definition) is 0. The highest BCUT2D eigenvalue weighted by atomic mass is 16.3. The number of nitrogens with zero attached hydrogens (tertiary/aromatic N) is 4. The first-order chi connectivity index (χ1) is 27.2. The first kappa shape index (κ1) is 32.8. The first-order valence-electron chi connectivity index (χ1n) is 19.1. The van der Waals surface area contributed by atoms with E-state index >= 15 is 0 Å². The zero-order valence-electron chi connectivity index (χ0n) is 30.6. The highest BCUT2D eigenvalue weighted by Gasteiger charge is 2.22. The Morgan fingerprint density at radius 3 is 2.00 bits per heavy atom. The number of furan rings is 1. The minimum absolute atomic E-state index is 0.378. The highest BCUT2D eigenvalue weighted by molar-refractivity contribution is 6.12. The molecule has 5 nitrogen and oxygen atoms in total. The maximum Gasteiger partial charge on any atom is 0.164 e. The van der Waals surface area contributed by atoms with E-state index < -0.39 is 0 Å². The molecular formula is C50H38N4O. The quantitative estimate of drug-likeness (QED) is 0.165. The third-order valence-corrected chi connectivity index (χ3v) is 10.8. The molecule has 9 aromatic rings. The van der Waals surface area contributed by atoms with Crippen molar-refractivity contribution >= 4 is 55.3 Å². The monoisotopic (exact) mass is 710 g/mol. The summed E-state index contributed by atoms with van der Waals surface area (Å²) in [6.07, 6.45) is 5.67. The van der Waals surface area contributed by atoms with Crippen molar-refractivity contribution < 1.29 is 4.42 Å². The van der Waals surface area contributed by atoms with Crippen molar-refractivity contribution in [3.8, 4) is 33.9 Å². The van der Waals surface area contributed by atoms with E-state index in [0.717, 1.165) is 85.3 Å². The molecule has 0 bridgehead atoms. The van der Waals surface area contributed by atoms with E-state index in [-0.39, 0.29) is 0 Å². The normalized spacial score (nSPS) is 14.3. The molecule has 0 N–H and O–H groups in total. The van der Waals surface area contributed by atoms with Crippen LogP contribution in [0.15, 0.2) is 174 Å². The Labute approximate surface area is 320 Å². The fraction of sp³-hybridized carbons (Fsp3) is 0.100. The van der Waals surface area contributed by atoms with Crippen molar-refractivity contribution in [3.63, 3.8) is 0 Å². The van der Waals surface area contributed by atoms with Crippen LogP contribution in [0.4, 0.5) is 17.1 Å². The molecule has 264 valence electrons. The van der Waals surface area contributed by atoms with Crippen molar-refractivity contribution in [3.05, 3.63) is 176 Å². The van der Waals surface area contributed by atoms with E-state index in [1.54, 1.807) is 0 Å². The number of para-hydroxylation sites is 2. The zero-order chi connectivity index (χ0) is 36.7.